The van der Waals surface area contributed by atoms with Crippen LogP contribution in [0, 0.1) is 5.39 Å². The van der Waals surface area contributed by atoms with E-state index in [0.717, 1.165) is 0 Å². The van der Waals surface area contributed by atoms with Gasteiger partial charge in [0.25, 0.3) is 5.78 Å². The molecule has 0 aliphatic heterocycles. The van der Waals surface area contributed by atoms with Crippen LogP contribution in [0.4, 0.5) is 0 Å². The van der Waals surface area contributed by atoms with Gasteiger partial charge >= 0.3 is 5.70 Å². The third-order valence-corrected chi connectivity index (χ3v) is 1.71. The molecule has 0 bridgehead atoms. The van der Waals surface area contributed by atoms with Gasteiger partial charge in [-0.05, 0) is 0 Å². The smallest absolute Gasteiger partial charge is 0.468 e. The van der Waals surface area contributed by atoms with Gasteiger partial charge in [0.1, 0.15) is 0 Å². The minimum Gasteiger partial charge on any atom is -0.501 e. The predicted molar refractivity (Wildman–Crippen MR) is 51.8 cm³/mol. The fraction of sp³-hybridized carbons (Fsp3) is 0.100. The third kappa shape index (κ3) is 1.96. The standard InChI is InChI=1S/C10H8N2O2/c1-7(13)9(12-11)10(14)8-5-3-2-4-6-8/h2-6H,1H3/p+1. The number of carbonyl (C=O) groups excluding carboxylic acids is 1. The summed E-state index contributed by atoms with van der Waals surface area (Å²) in [5.74, 6) is -0.811. The average Bonchev–Trinajstić information content (AvgIpc) is 2.19. The average molecular weight is 189 g/mol. The molecule has 1 aromatic carbocycles. The van der Waals surface area contributed by atoms with Gasteiger partial charge in [0.2, 0.25) is 11.2 Å². The Kier molecular flexibility index (Phi) is 2.97. The van der Waals surface area contributed by atoms with Gasteiger partial charge in [-0.1, -0.05) is 30.3 Å². The number of aliphatic hydroxyl groups excluding tert-OH is 1. The number of carbonyl (C=O) groups is 1. The van der Waals surface area contributed by atoms with Crippen LogP contribution in [0.15, 0.2) is 36.0 Å². The maximum Gasteiger partial charge on any atom is 0.468 e. The van der Waals surface area contributed by atoms with Crippen molar-refractivity contribution >= 4 is 11.5 Å². The van der Waals surface area contributed by atoms with Crippen molar-refractivity contribution in [1.29, 1.82) is 5.39 Å². The summed E-state index contributed by atoms with van der Waals surface area (Å²) in [6.07, 6.45) is 0. The highest BCUT2D eigenvalue weighted by Gasteiger charge is 2.25. The van der Waals surface area contributed by atoms with E-state index in [1.807, 2.05) is 0 Å². The van der Waals surface area contributed by atoms with Crippen LogP contribution >= 0.6 is 0 Å². The number of aliphatic hydroxyl groups is 1. The predicted octanol–water partition coefficient (Wildman–Crippen LogP) is 2.36. The van der Waals surface area contributed by atoms with E-state index in [4.69, 9.17) is 5.39 Å². The van der Waals surface area contributed by atoms with Gasteiger partial charge in [0.15, 0.2) is 4.98 Å². The lowest BCUT2D eigenvalue weighted by Crippen LogP contribution is -1.96. The summed E-state index contributed by atoms with van der Waals surface area (Å²) < 4.78 is 0. The van der Waals surface area contributed by atoms with Gasteiger partial charge in [-0.3, -0.25) is 4.79 Å². The van der Waals surface area contributed by atoms with Crippen LogP contribution in [0.25, 0.3) is 10.7 Å². The normalized spacial score (nSPS) is 11.4. The topological polar surface area (TPSA) is 65.5 Å². The van der Waals surface area contributed by atoms with Crippen LogP contribution in [0.5, 0.6) is 0 Å². The van der Waals surface area contributed by atoms with Crippen molar-refractivity contribution in [3.05, 3.63) is 46.6 Å². The summed E-state index contributed by atoms with van der Waals surface area (Å²) >= 11 is 0. The molecular formula is C10H9N2O2+. The Hall–Kier alpha value is -2.15. The van der Waals surface area contributed by atoms with Gasteiger partial charge in [0.05, 0.1) is 0 Å². The van der Waals surface area contributed by atoms with Gasteiger partial charge in [-0.2, -0.15) is 0 Å². The van der Waals surface area contributed by atoms with Crippen molar-refractivity contribution in [3.63, 3.8) is 0 Å². The van der Waals surface area contributed by atoms with Gasteiger partial charge < -0.3 is 5.11 Å². The van der Waals surface area contributed by atoms with Crippen LogP contribution in [-0.2, 0) is 4.79 Å². The summed E-state index contributed by atoms with van der Waals surface area (Å²) in [5, 5.41) is 18.1. The summed E-state index contributed by atoms with van der Waals surface area (Å²) in [6, 6.07) is 8.43. The van der Waals surface area contributed by atoms with E-state index in [9.17, 15) is 9.90 Å². The second-order valence-electron chi connectivity index (χ2n) is 2.72. The molecule has 0 aromatic heterocycles. The minimum atomic E-state index is -0.492. The molecule has 0 radical (unpaired) electrons. The van der Waals surface area contributed by atoms with Crippen LogP contribution in [0.1, 0.15) is 12.5 Å². The molecule has 0 saturated heterocycles. The van der Waals surface area contributed by atoms with Crippen molar-refractivity contribution in [1.82, 2.24) is 0 Å². The Bertz CT molecular complexity index is 415. The van der Waals surface area contributed by atoms with Crippen molar-refractivity contribution in [2.24, 2.45) is 0 Å². The summed E-state index contributed by atoms with van der Waals surface area (Å²) in [6.45, 7) is 1.22. The van der Waals surface area contributed by atoms with Crippen molar-refractivity contribution in [2.45, 2.75) is 6.92 Å². The van der Waals surface area contributed by atoms with Crippen molar-refractivity contribution < 1.29 is 9.90 Å². The molecule has 1 N–H and O–H groups in total. The van der Waals surface area contributed by atoms with Gasteiger partial charge in [-0.25, -0.2) is 0 Å². The highest BCUT2D eigenvalue weighted by molar-refractivity contribution is 6.01. The molecule has 0 saturated carbocycles. The highest BCUT2D eigenvalue weighted by atomic mass is 16.3. The highest BCUT2D eigenvalue weighted by Crippen LogP contribution is 2.16. The van der Waals surface area contributed by atoms with Crippen LogP contribution in [-0.4, -0.2) is 10.9 Å². The lowest BCUT2D eigenvalue weighted by molar-refractivity contribution is -0.113. The number of hydrogen-bond donors (Lipinski definition) is 1. The SMILES string of the molecule is CC(=O)C([N+]#N)=C(O)c1ccccc1. The maximum absolute atomic E-state index is 10.9. The number of benzene rings is 1. The molecule has 0 aliphatic carbocycles. The molecule has 4 nitrogen and oxygen atoms in total. The molecule has 0 heterocycles. The number of allylic oxidation sites excluding steroid dienone is 1. The van der Waals surface area contributed by atoms with E-state index in [1.165, 1.54) is 6.92 Å². The molecule has 0 fully saturated rings. The first kappa shape index (κ1) is 9.93. The second kappa shape index (κ2) is 4.19. The van der Waals surface area contributed by atoms with E-state index in [2.05, 4.69) is 4.98 Å². The van der Waals surface area contributed by atoms with E-state index in [1.54, 1.807) is 30.3 Å². The number of rotatable bonds is 2. The Labute approximate surface area is 81.1 Å². The molecule has 4 heteroatoms. The van der Waals surface area contributed by atoms with Crippen molar-refractivity contribution in [2.75, 3.05) is 0 Å². The van der Waals surface area contributed by atoms with E-state index in [0.29, 0.717) is 5.56 Å². The minimum absolute atomic E-state index is 0.319. The van der Waals surface area contributed by atoms with Crippen LogP contribution < -0.4 is 0 Å². The molecular weight excluding hydrogens is 180 g/mol. The number of hydrogen-bond acceptors (Lipinski definition) is 3. The summed E-state index contributed by atoms with van der Waals surface area (Å²) in [5.41, 5.74) is 0.103. The quantitative estimate of drug-likeness (QED) is 0.441. The van der Waals surface area contributed by atoms with E-state index in [-0.39, 0.29) is 11.5 Å². The third-order valence-electron chi connectivity index (χ3n) is 1.71. The Morgan fingerprint density at radius 1 is 1.36 bits per heavy atom. The zero-order valence-corrected chi connectivity index (χ0v) is 7.64. The molecule has 0 spiro atoms. The number of nitrogens with zero attached hydrogens (tertiary/aromatic N) is 2. The molecule has 0 aliphatic rings. The maximum atomic E-state index is 10.9. The molecule has 0 unspecified atom stereocenters. The summed E-state index contributed by atoms with van der Waals surface area (Å²) in [7, 11) is 0. The lowest BCUT2D eigenvalue weighted by atomic mass is 10.1. The monoisotopic (exact) mass is 189 g/mol. The Balaban J connectivity index is 3.23. The van der Waals surface area contributed by atoms with E-state index < -0.39 is 5.78 Å². The molecule has 0 amide bonds. The van der Waals surface area contributed by atoms with Gasteiger partial charge in [0, 0.05) is 12.5 Å². The first-order valence-electron chi connectivity index (χ1n) is 4.01. The summed E-state index contributed by atoms with van der Waals surface area (Å²) in [4.78, 5) is 13.7. The first-order valence-corrected chi connectivity index (χ1v) is 4.01. The Morgan fingerprint density at radius 2 is 1.93 bits per heavy atom. The van der Waals surface area contributed by atoms with Crippen LogP contribution in [0.2, 0.25) is 0 Å². The first-order chi connectivity index (χ1) is 6.66. The number of Topliss-reactive ketones (excluding diaryl/α,β-unsaturated/α-hetero) is 1. The molecule has 0 atom stereocenters. The zero-order chi connectivity index (χ0) is 10.6. The van der Waals surface area contributed by atoms with Crippen molar-refractivity contribution in [3.8, 4) is 0 Å². The van der Waals surface area contributed by atoms with E-state index >= 15 is 0 Å². The molecule has 14 heavy (non-hydrogen) atoms. The molecule has 1 rings (SSSR count). The fourth-order valence-corrected chi connectivity index (χ4v) is 1.02. The zero-order valence-electron chi connectivity index (χ0n) is 7.64. The number of diazo groups is 1. The van der Waals surface area contributed by atoms with Crippen LogP contribution in [0.3, 0.4) is 0 Å². The Morgan fingerprint density at radius 3 is 2.36 bits per heavy atom. The molecule has 70 valence electrons. The number of ketones is 1. The fourth-order valence-electron chi connectivity index (χ4n) is 1.02. The second-order valence-corrected chi connectivity index (χ2v) is 2.72. The van der Waals surface area contributed by atoms with Gasteiger partial charge in [-0.15, -0.1) is 0 Å². The largest absolute Gasteiger partial charge is 0.501 e. The lowest BCUT2D eigenvalue weighted by Gasteiger charge is -1.94. The molecule has 1 aromatic rings.